The van der Waals surface area contributed by atoms with Crippen molar-refractivity contribution >= 4 is 5.69 Å². The zero-order chi connectivity index (χ0) is 18.7. The number of rotatable bonds is 6. The minimum absolute atomic E-state index is 0.183. The minimum Gasteiger partial charge on any atom is -0.491 e. The van der Waals surface area contributed by atoms with Crippen molar-refractivity contribution in [3.8, 4) is 11.8 Å². The molecule has 3 heterocycles. The number of anilines is 1. The van der Waals surface area contributed by atoms with Gasteiger partial charge in [0.25, 0.3) is 0 Å². The number of nitriles is 1. The molecule has 1 aromatic carbocycles. The molecule has 5 heteroatoms. The Morgan fingerprint density at radius 2 is 2.12 bits per heavy atom. The lowest BCUT2D eigenvalue weighted by Crippen LogP contribution is -2.54. The van der Waals surface area contributed by atoms with Gasteiger partial charge in [-0.2, -0.15) is 5.26 Å². The first-order chi connectivity index (χ1) is 12.4. The van der Waals surface area contributed by atoms with Crippen LogP contribution in [0.4, 0.5) is 10.1 Å². The van der Waals surface area contributed by atoms with Crippen molar-refractivity contribution in [2.75, 3.05) is 37.7 Å². The van der Waals surface area contributed by atoms with Gasteiger partial charge in [0.05, 0.1) is 12.7 Å². The van der Waals surface area contributed by atoms with E-state index in [0.717, 1.165) is 38.3 Å². The zero-order valence-corrected chi connectivity index (χ0v) is 16.2. The van der Waals surface area contributed by atoms with E-state index in [0.29, 0.717) is 30.7 Å². The van der Waals surface area contributed by atoms with Gasteiger partial charge in [0, 0.05) is 43.9 Å². The fraction of sp³-hybridized carbons (Fsp3) is 0.667. The van der Waals surface area contributed by atoms with E-state index in [1.807, 2.05) is 13.0 Å². The van der Waals surface area contributed by atoms with E-state index >= 15 is 0 Å². The Labute approximate surface area is 156 Å². The molecule has 0 unspecified atom stereocenters. The van der Waals surface area contributed by atoms with Crippen molar-refractivity contribution in [2.45, 2.75) is 46.1 Å². The first-order valence-corrected chi connectivity index (χ1v) is 9.73. The van der Waals surface area contributed by atoms with Crippen LogP contribution in [0.5, 0.6) is 5.75 Å². The van der Waals surface area contributed by atoms with Gasteiger partial charge >= 0.3 is 0 Å². The van der Waals surface area contributed by atoms with E-state index in [1.54, 1.807) is 12.1 Å². The second kappa shape index (κ2) is 7.84. The normalized spacial score (nSPS) is 25.0. The van der Waals surface area contributed by atoms with Crippen LogP contribution < -0.4 is 9.64 Å². The maximum absolute atomic E-state index is 14.4. The topological polar surface area (TPSA) is 39.5 Å². The van der Waals surface area contributed by atoms with Crippen LogP contribution in [0.15, 0.2) is 18.2 Å². The monoisotopic (exact) mass is 359 g/mol. The molecule has 1 aromatic rings. The SMILES string of the molecule is CCOc1ccc(N2C[C@H]3CN(CCCC#N)C[C@@H]2C(C)(C)C3)cc1F. The van der Waals surface area contributed by atoms with Crippen molar-refractivity contribution in [1.29, 1.82) is 5.26 Å². The van der Waals surface area contributed by atoms with Crippen molar-refractivity contribution in [2.24, 2.45) is 11.3 Å². The summed E-state index contributed by atoms with van der Waals surface area (Å²) in [5.74, 6) is 0.613. The second-order valence-corrected chi connectivity index (χ2v) is 8.30. The molecule has 3 aliphatic rings. The highest BCUT2D eigenvalue weighted by Gasteiger charge is 2.45. The quantitative estimate of drug-likeness (QED) is 0.718. The molecule has 0 N–H and O–H groups in total. The molecule has 4 nitrogen and oxygen atoms in total. The van der Waals surface area contributed by atoms with Crippen LogP contribution in [0.2, 0.25) is 0 Å². The van der Waals surface area contributed by atoms with Crippen LogP contribution in [0.3, 0.4) is 0 Å². The van der Waals surface area contributed by atoms with Gasteiger partial charge < -0.3 is 14.5 Å². The Bertz CT molecular complexity index is 670. The summed E-state index contributed by atoms with van der Waals surface area (Å²) in [4.78, 5) is 4.91. The summed E-state index contributed by atoms with van der Waals surface area (Å²) < 4.78 is 19.8. The first-order valence-electron chi connectivity index (χ1n) is 9.73. The third-order valence-corrected chi connectivity index (χ3v) is 5.81. The molecule has 0 aliphatic carbocycles. The molecular weight excluding hydrogens is 329 g/mol. The van der Waals surface area contributed by atoms with Gasteiger partial charge in [-0.3, -0.25) is 0 Å². The maximum Gasteiger partial charge on any atom is 0.167 e. The summed E-state index contributed by atoms with van der Waals surface area (Å²) >= 11 is 0. The van der Waals surface area contributed by atoms with Crippen molar-refractivity contribution < 1.29 is 9.13 Å². The molecule has 0 spiro atoms. The number of benzene rings is 1. The number of hydrogen-bond acceptors (Lipinski definition) is 4. The Hall–Kier alpha value is -1.80. The highest BCUT2D eigenvalue weighted by molar-refractivity contribution is 5.52. The van der Waals surface area contributed by atoms with E-state index < -0.39 is 0 Å². The van der Waals surface area contributed by atoms with E-state index in [-0.39, 0.29) is 11.2 Å². The third-order valence-electron chi connectivity index (χ3n) is 5.81. The molecule has 142 valence electrons. The summed E-state index contributed by atoms with van der Waals surface area (Å²) in [6.45, 7) is 11.0. The van der Waals surface area contributed by atoms with E-state index in [4.69, 9.17) is 10.00 Å². The molecule has 3 fully saturated rings. The Morgan fingerprint density at radius 3 is 2.81 bits per heavy atom. The number of halogens is 1. The molecule has 3 saturated heterocycles. The van der Waals surface area contributed by atoms with Gasteiger partial charge in [-0.1, -0.05) is 13.8 Å². The number of ether oxygens (including phenoxy) is 1. The number of nitrogens with zero attached hydrogens (tertiary/aromatic N) is 3. The molecule has 4 rings (SSSR count). The highest BCUT2D eigenvalue weighted by atomic mass is 19.1. The standard InChI is InChI=1S/C21H30FN3O/c1-4-26-19-8-7-17(11-18(19)22)25-14-16-12-21(2,3)20(25)15-24(13-16)10-6-5-9-23/h7-8,11,16,20H,4-6,10,12-15H2,1-3H3/t16-,20-/m1/s1. The predicted molar refractivity (Wildman–Crippen MR) is 102 cm³/mol. The van der Waals surface area contributed by atoms with Crippen LogP contribution in [0, 0.1) is 28.5 Å². The molecule has 2 atom stereocenters. The average Bonchev–Trinajstić information content (AvgIpc) is 2.83. The van der Waals surface area contributed by atoms with Gasteiger partial charge in [-0.25, -0.2) is 4.39 Å². The van der Waals surface area contributed by atoms with Crippen LogP contribution in [0.25, 0.3) is 0 Å². The third kappa shape index (κ3) is 3.96. The van der Waals surface area contributed by atoms with Gasteiger partial charge in [0.15, 0.2) is 11.6 Å². The molecule has 0 aromatic heterocycles. The molecular formula is C21H30FN3O. The number of piperidine rings is 1. The van der Waals surface area contributed by atoms with E-state index in [9.17, 15) is 4.39 Å². The number of hydrogen-bond donors (Lipinski definition) is 0. The summed E-state index contributed by atoms with van der Waals surface area (Å²) in [6, 6.07) is 7.96. The summed E-state index contributed by atoms with van der Waals surface area (Å²) in [7, 11) is 0. The lowest BCUT2D eigenvalue weighted by atomic mass is 9.73. The van der Waals surface area contributed by atoms with Gasteiger partial charge in [0.2, 0.25) is 0 Å². The summed E-state index contributed by atoms with van der Waals surface area (Å²) in [5.41, 5.74) is 1.13. The predicted octanol–water partition coefficient (Wildman–Crippen LogP) is 4.06. The minimum atomic E-state index is -0.284. The number of fused-ring (bicyclic) bond motifs is 4. The van der Waals surface area contributed by atoms with Crippen LogP contribution in [0.1, 0.15) is 40.0 Å². The molecule has 0 saturated carbocycles. The van der Waals surface area contributed by atoms with Crippen molar-refractivity contribution in [1.82, 2.24) is 4.90 Å². The van der Waals surface area contributed by atoms with Gasteiger partial charge in [0.1, 0.15) is 0 Å². The zero-order valence-electron chi connectivity index (χ0n) is 16.2. The fourth-order valence-corrected chi connectivity index (χ4v) is 4.71. The van der Waals surface area contributed by atoms with Crippen LogP contribution in [-0.4, -0.2) is 43.7 Å². The smallest absolute Gasteiger partial charge is 0.167 e. The highest BCUT2D eigenvalue weighted by Crippen LogP contribution is 2.43. The maximum atomic E-state index is 14.4. The molecule has 0 radical (unpaired) electrons. The van der Waals surface area contributed by atoms with Gasteiger partial charge in [-0.05, 0) is 49.8 Å². The van der Waals surface area contributed by atoms with E-state index in [2.05, 4.69) is 29.7 Å². The average molecular weight is 359 g/mol. The molecule has 0 amide bonds. The Balaban J connectivity index is 1.82. The van der Waals surface area contributed by atoms with Crippen molar-refractivity contribution in [3.05, 3.63) is 24.0 Å². The van der Waals surface area contributed by atoms with Crippen LogP contribution >= 0.6 is 0 Å². The Kier molecular flexibility index (Phi) is 5.72. The van der Waals surface area contributed by atoms with Gasteiger partial charge in [-0.15, -0.1) is 0 Å². The lowest BCUT2D eigenvalue weighted by Gasteiger charge is -2.48. The summed E-state index contributed by atoms with van der Waals surface area (Å²) in [6.07, 6.45) is 2.74. The Morgan fingerprint density at radius 1 is 1.31 bits per heavy atom. The van der Waals surface area contributed by atoms with Crippen LogP contribution in [-0.2, 0) is 0 Å². The molecule has 3 aliphatic heterocycles. The lowest BCUT2D eigenvalue weighted by molar-refractivity contribution is 0.190. The fourth-order valence-electron chi connectivity index (χ4n) is 4.71. The van der Waals surface area contributed by atoms with E-state index in [1.165, 1.54) is 6.42 Å². The largest absolute Gasteiger partial charge is 0.491 e. The van der Waals surface area contributed by atoms with Crippen molar-refractivity contribution in [3.63, 3.8) is 0 Å². The first kappa shape index (κ1) is 19.0. The molecule has 2 bridgehead atoms. The summed E-state index contributed by atoms with van der Waals surface area (Å²) in [5, 5.41) is 8.81. The number of unbranched alkanes of at least 4 members (excludes halogenated alkanes) is 1. The molecule has 26 heavy (non-hydrogen) atoms. The second-order valence-electron chi connectivity index (χ2n) is 8.30.